The first-order valence-corrected chi connectivity index (χ1v) is 7.52. The van der Waals surface area contributed by atoms with Crippen LogP contribution in [0.4, 0.5) is 0 Å². The molecular formula is C16H17NOS. The molecule has 1 saturated carbocycles. The third-order valence-corrected chi connectivity index (χ3v) is 4.39. The molecule has 19 heavy (non-hydrogen) atoms. The van der Waals surface area contributed by atoms with Gasteiger partial charge in [0.25, 0.3) is 5.91 Å². The van der Waals surface area contributed by atoms with E-state index >= 15 is 0 Å². The highest BCUT2D eigenvalue weighted by atomic mass is 32.1. The van der Waals surface area contributed by atoms with E-state index in [-0.39, 0.29) is 5.91 Å². The van der Waals surface area contributed by atoms with Gasteiger partial charge in [-0.15, -0.1) is 11.3 Å². The standard InChI is InChI=1S/C16H17NOS/c1-12-5-2-3-7-15(12)16(18)17(13-8-9-13)11-14-6-4-10-19-14/h2-7,10,13H,8-9,11H2,1H3. The average Bonchev–Trinajstić information content (AvgIpc) is 3.13. The molecule has 0 aliphatic heterocycles. The molecule has 1 aromatic carbocycles. The van der Waals surface area contributed by atoms with Crippen LogP contribution < -0.4 is 0 Å². The highest BCUT2D eigenvalue weighted by Crippen LogP contribution is 2.31. The Balaban J connectivity index is 1.84. The smallest absolute Gasteiger partial charge is 0.254 e. The Kier molecular flexibility index (Phi) is 3.38. The van der Waals surface area contributed by atoms with Gasteiger partial charge in [0, 0.05) is 16.5 Å². The van der Waals surface area contributed by atoms with Gasteiger partial charge < -0.3 is 4.90 Å². The topological polar surface area (TPSA) is 20.3 Å². The predicted molar refractivity (Wildman–Crippen MR) is 78.4 cm³/mol. The summed E-state index contributed by atoms with van der Waals surface area (Å²) in [7, 11) is 0. The molecule has 0 radical (unpaired) electrons. The molecule has 0 bridgehead atoms. The maximum absolute atomic E-state index is 12.7. The van der Waals surface area contributed by atoms with Crippen molar-refractivity contribution in [3.63, 3.8) is 0 Å². The molecule has 1 amide bonds. The lowest BCUT2D eigenvalue weighted by Crippen LogP contribution is -2.32. The van der Waals surface area contributed by atoms with Crippen LogP contribution in [0.5, 0.6) is 0 Å². The number of aryl methyl sites for hydroxylation is 1. The summed E-state index contributed by atoms with van der Waals surface area (Å²) in [5, 5.41) is 2.07. The Bertz CT molecular complexity index is 572. The maximum Gasteiger partial charge on any atom is 0.254 e. The summed E-state index contributed by atoms with van der Waals surface area (Å²) in [5.74, 6) is 0.175. The minimum Gasteiger partial charge on any atom is -0.331 e. The predicted octanol–water partition coefficient (Wildman–Crippen LogP) is 3.86. The molecule has 0 spiro atoms. The van der Waals surface area contributed by atoms with Crippen molar-refractivity contribution < 1.29 is 4.79 Å². The molecule has 0 N–H and O–H groups in total. The number of thiophene rings is 1. The summed E-state index contributed by atoms with van der Waals surface area (Å²) in [6.45, 7) is 2.75. The summed E-state index contributed by atoms with van der Waals surface area (Å²) < 4.78 is 0. The highest BCUT2D eigenvalue weighted by molar-refractivity contribution is 7.09. The second-order valence-electron chi connectivity index (χ2n) is 5.06. The monoisotopic (exact) mass is 271 g/mol. The van der Waals surface area contributed by atoms with E-state index in [0.717, 1.165) is 30.5 Å². The molecule has 98 valence electrons. The molecule has 1 aromatic heterocycles. The molecule has 2 nitrogen and oxygen atoms in total. The first kappa shape index (κ1) is 12.4. The summed E-state index contributed by atoms with van der Waals surface area (Å²) in [6.07, 6.45) is 2.28. The first-order valence-electron chi connectivity index (χ1n) is 6.64. The molecule has 3 rings (SSSR count). The minimum atomic E-state index is 0.175. The van der Waals surface area contributed by atoms with Gasteiger partial charge in [-0.05, 0) is 42.8 Å². The fourth-order valence-electron chi connectivity index (χ4n) is 2.29. The van der Waals surface area contributed by atoms with Crippen LogP contribution in [-0.4, -0.2) is 16.8 Å². The van der Waals surface area contributed by atoms with Crippen molar-refractivity contribution in [2.75, 3.05) is 0 Å². The van der Waals surface area contributed by atoms with Crippen LogP contribution in [0.25, 0.3) is 0 Å². The lowest BCUT2D eigenvalue weighted by Gasteiger charge is -2.22. The van der Waals surface area contributed by atoms with Crippen LogP contribution in [0.1, 0.15) is 33.6 Å². The lowest BCUT2D eigenvalue weighted by molar-refractivity contribution is 0.0731. The van der Waals surface area contributed by atoms with Gasteiger partial charge in [0.1, 0.15) is 0 Å². The van der Waals surface area contributed by atoms with Crippen LogP contribution in [0.15, 0.2) is 41.8 Å². The summed E-state index contributed by atoms with van der Waals surface area (Å²) in [4.78, 5) is 16.0. The van der Waals surface area contributed by atoms with Crippen molar-refractivity contribution in [2.45, 2.75) is 32.4 Å². The number of hydrogen-bond acceptors (Lipinski definition) is 2. The highest BCUT2D eigenvalue weighted by Gasteiger charge is 2.33. The van der Waals surface area contributed by atoms with E-state index in [1.807, 2.05) is 42.2 Å². The maximum atomic E-state index is 12.7. The van der Waals surface area contributed by atoms with Crippen LogP contribution in [-0.2, 0) is 6.54 Å². The van der Waals surface area contributed by atoms with Gasteiger partial charge in [-0.2, -0.15) is 0 Å². The van der Waals surface area contributed by atoms with Crippen LogP contribution in [0, 0.1) is 6.92 Å². The van der Waals surface area contributed by atoms with Gasteiger partial charge in [0.2, 0.25) is 0 Å². The van der Waals surface area contributed by atoms with Gasteiger partial charge in [0.15, 0.2) is 0 Å². The Labute approximate surface area is 117 Å². The summed E-state index contributed by atoms with van der Waals surface area (Å²) in [6, 6.07) is 12.4. The van der Waals surface area contributed by atoms with Crippen molar-refractivity contribution in [3.05, 3.63) is 57.8 Å². The van der Waals surface area contributed by atoms with E-state index in [9.17, 15) is 4.79 Å². The molecule has 0 unspecified atom stereocenters. The van der Waals surface area contributed by atoms with Crippen molar-refractivity contribution in [3.8, 4) is 0 Å². The van der Waals surface area contributed by atoms with E-state index < -0.39 is 0 Å². The average molecular weight is 271 g/mol. The molecule has 1 fully saturated rings. The Morgan fingerprint density at radius 3 is 2.68 bits per heavy atom. The molecule has 0 atom stereocenters. The van der Waals surface area contributed by atoms with Crippen molar-refractivity contribution in [1.82, 2.24) is 4.90 Å². The van der Waals surface area contributed by atoms with Crippen molar-refractivity contribution >= 4 is 17.2 Å². The molecular weight excluding hydrogens is 254 g/mol. The number of carbonyl (C=O) groups is 1. The van der Waals surface area contributed by atoms with Crippen LogP contribution in [0.2, 0.25) is 0 Å². The Hall–Kier alpha value is -1.61. The van der Waals surface area contributed by atoms with Crippen molar-refractivity contribution in [2.24, 2.45) is 0 Å². The van der Waals surface area contributed by atoms with Gasteiger partial charge in [-0.3, -0.25) is 4.79 Å². The zero-order chi connectivity index (χ0) is 13.2. The summed E-state index contributed by atoms with van der Waals surface area (Å²) >= 11 is 1.72. The fraction of sp³-hybridized carbons (Fsp3) is 0.312. The first-order chi connectivity index (χ1) is 9.25. The van der Waals surface area contributed by atoms with E-state index in [4.69, 9.17) is 0 Å². The third-order valence-electron chi connectivity index (χ3n) is 3.53. The zero-order valence-corrected chi connectivity index (χ0v) is 11.8. The van der Waals surface area contributed by atoms with Gasteiger partial charge in [-0.25, -0.2) is 0 Å². The van der Waals surface area contributed by atoms with Crippen LogP contribution in [0.3, 0.4) is 0 Å². The van der Waals surface area contributed by atoms with E-state index in [0.29, 0.717) is 6.04 Å². The van der Waals surface area contributed by atoms with E-state index in [1.165, 1.54) is 4.88 Å². The SMILES string of the molecule is Cc1ccccc1C(=O)N(Cc1cccs1)C1CC1. The number of nitrogens with zero attached hydrogens (tertiary/aromatic N) is 1. The van der Waals surface area contributed by atoms with E-state index in [1.54, 1.807) is 11.3 Å². The quantitative estimate of drug-likeness (QED) is 0.827. The number of amides is 1. The summed E-state index contributed by atoms with van der Waals surface area (Å²) in [5.41, 5.74) is 1.90. The van der Waals surface area contributed by atoms with Crippen LogP contribution >= 0.6 is 11.3 Å². The van der Waals surface area contributed by atoms with E-state index in [2.05, 4.69) is 11.4 Å². The van der Waals surface area contributed by atoms with Gasteiger partial charge >= 0.3 is 0 Å². The second kappa shape index (κ2) is 5.17. The number of carbonyl (C=O) groups excluding carboxylic acids is 1. The van der Waals surface area contributed by atoms with Crippen molar-refractivity contribution in [1.29, 1.82) is 0 Å². The lowest BCUT2D eigenvalue weighted by atomic mass is 10.1. The minimum absolute atomic E-state index is 0.175. The van der Waals surface area contributed by atoms with Gasteiger partial charge in [-0.1, -0.05) is 24.3 Å². The normalized spacial score (nSPS) is 14.4. The number of rotatable bonds is 4. The molecule has 3 heteroatoms. The molecule has 0 saturated heterocycles. The zero-order valence-electron chi connectivity index (χ0n) is 11.0. The molecule has 1 aliphatic rings. The Morgan fingerprint density at radius 1 is 1.26 bits per heavy atom. The second-order valence-corrected chi connectivity index (χ2v) is 6.09. The number of benzene rings is 1. The largest absolute Gasteiger partial charge is 0.331 e. The van der Waals surface area contributed by atoms with Gasteiger partial charge in [0.05, 0.1) is 6.54 Å². The molecule has 1 aliphatic carbocycles. The molecule has 2 aromatic rings. The fourth-order valence-corrected chi connectivity index (χ4v) is 2.99. The molecule has 1 heterocycles. The third kappa shape index (κ3) is 2.71. The number of hydrogen-bond donors (Lipinski definition) is 0. The Morgan fingerprint density at radius 2 is 2.05 bits per heavy atom.